The number of rotatable bonds is 10. The third kappa shape index (κ3) is 6.71. The summed E-state index contributed by atoms with van der Waals surface area (Å²) in [5.41, 5.74) is 3.27. The molecular formula is C24H37NOS. The maximum Gasteiger partial charge on any atom is 0.238 e. The van der Waals surface area contributed by atoms with Gasteiger partial charge in [-0.25, -0.2) is 0 Å². The predicted molar refractivity (Wildman–Crippen MR) is 121 cm³/mol. The van der Waals surface area contributed by atoms with Gasteiger partial charge in [-0.1, -0.05) is 82.7 Å². The molecule has 1 heterocycles. The van der Waals surface area contributed by atoms with E-state index in [1.165, 1.54) is 44.9 Å². The summed E-state index contributed by atoms with van der Waals surface area (Å²) in [6.45, 7) is 8.63. The van der Waals surface area contributed by atoms with Crippen molar-refractivity contribution in [3.8, 4) is 0 Å². The van der Waals surface area contributed by atoms with Gasteiger partial charge in [-0.05, 0) is 43.7 Å². The number of carbonyl (C=O) groups excluding carboxylic acids is 1. The van der Waals surface area contributed by atoms with Gasteiger partial charge in [-0.15, -0.1) is 11.8 Å². The van der Waals surface area contributed by atoms with Gasteiger partial charge in [0.1, 0.15) is 0 Å². The van der Waals surface area contributed by atoms with E-state index in [2.05, 4.69) is 63.4 Å². The molecule has 0 saturated heterocycles. The van der Waals surface area contributed by atoms with Crippen molar-refractivity contribution in [1.82, 2.24) is 0 Å². The second-order valence-corrected chi connectivity index (χ2v) is 9.28. The van der Waals surface area contributed by atoms with Gasteiger partial charge in [-0.3, -0.25) is 4.79 Å². The predicted octanol–water partition coefficient (Wildman–Crippen LogP) is 7.06. The molecule has 1 aromatic rings. The van der Waals surface area contributed by atoms with Crippen molar-refractivity contribution in [2.75, 3.05) is 5.32 Å². The number of hydrogen-bond donors (Lipinski definition) is 1. The van der Waals surface area contributed by atoms with Crippen LogP contribution in [0.3, 0.4) is 0 Å². The lowest BCUT2D eigenvalue weighted by atomic mass is 9.94. The molecule has 0 spiro atoms. The molecule has 1 amide bonds. The highest BCUT2D eigenvalue weighted by molar-refractivity contribution is 8.01. The number of anilines is 1. The van der Waals surface area contributed by atoms with Crippen LogP contribution < -0.4 is 5.32 Å². The Balaban J connectivity index is 2.09. The van der Waals surface area contributed by atoms with Crippen molar-refractivity contribution in [3.63, 3.8) is 0 Å². The largest absolute Gasteiger partial charge is 0.325 e. The summed E-state index contributed by atoms with van der Waals surface area (Å²) in [6, 6.07) is 6.20. The molecule has 0 saturated carbocycles. The second-order valence-electron chi connectivity index (χ2n) is 7.89. The zero-order valence-electron chi connectivity index (χ0n) is 17.6. The molecule has 3 heteroatoms. The van der Waals surface area contributed by atoms with Gasteiger partial charge in [0.05, 0.1) is 5.25 Å². The van der Waals surface area contributed by atoms with Crippen molar-refractivity contribution < 1.29 is 4.79 Å². The lowest BCUT2D eigenvalue weighted by Gasteiger charge is -2.31. The Kier molecular flexibility index (Phi) is 9.47. The van der Waals surface area contributed by atoms with E-state index in [-0.39, 0.29) is 11.2 Å². The van der Waals surface area contributed by atoms with E-state index >= 15 is 0 Å². The van der Waals surface area contributed by atoms with E-state index in [9.17, 15) is 4.79 Å². The van der Waals surface area contributed by atoms with Crippen molar-refractivity contribution in [2.45, 2.75) is 89.6 Å². The summed E-state index contributed by atoms with van der Waals surface area (Å²) in [6.07, 6.45) is 14.5. The molecule has 0 aliphatic carbocycles. The SMILES string of the molecule is CCCCC[C@H]1C=C[C@@H](CCCCC)S[C@H]1C(=O)Nc1c(C)cccc1C. The molecule has 0 radical (unpaired) electrons. The standard InChI is InChI=1S/C24H37NOS/c1-5-7-9-14-20-16-17-21(15-10-8-6-2)27-23(20)24(26)25-22-18(3)12-11-13-19(22)4/h11-13,16-17,20-21,23H,5-10,14-15H2,1-4H3,(H,25,26)/t20-,21+,23+/m0/s1. The van der Waals surface area contributed by atoms with E-state index in [4.69, 9.17) is 0 Å². The molecular weight excluding hydrogens is 350 g/mol. The average Bonchev–Trinajstić information content (AvgIpc) is 2.66. The average molecular weight is 388 g/mol. The Morgan fingerprint density at radius 2 is 1.59 bits per heavy atom. The highest BCUT2D eigenvalue weighted by Crippen LogP contribution is 2.37. The normalized spacial score (nSPS) is 22.0. The minimum absolute atomic E-state index is 0.0255. The van der Waals surface area contributed by atoms with Crippen LogP contribution in [0, 0.1) is 19.8 Å². The molecule has 0 fully saturated rings. The Bertz CT molecular complexity index is 605. The van der Waals surface area contributed by atoms with E-state index in [1.54, 1.807) is 0 Å². The van der Waals surface area contributed by atoms with Crippen LogP contribution in [0.5, 0.6) is 0 Å². The number of nitrogens with one attached hydrogen (secondary N) is 1. The molecule has 27 heavy (non-hydrogen) atoms. The van der Waals surface area contributed by atoms with Gasteiger partial charge in [0.2, 0.25) is 5.91 Å². The Labute approximate surface area is 170 Å². The molecule has 2 nitrogen and oxygen atoms in total. The number of amides is 1. The van der Waals surface area contributed by atoms with Crippen molar-refractivity contribution in [2.24, 2.45) is 5.92 Å². The molecule has 150 valence electrons. The fourth-order valence-electron chi connectivity index (χ4n) is 3.80. The summed E-state index contributed by atoms with van der Waals surface area (Å²) in [5.74, 6) is 0.539. The zero-order chi connectivity index (χ0) is 19.6. The van der Waals surface area contributed by atoms with Crippen molar-refractivity contribution >= 4 is 23.4 Å². The number of thioether (sulfide) groups is 1. The minimum Gasteiger partial charge on any atom is -0.325 e. The molecule has 2 rings (SSSR count). The Morgan fingerprint density at radius 1 is 0.963 bits per heavy atom. The van der Waals surface area contributed by atoms with Gasteiger partial charge in [-0.2, -0.15) is 0 Å². The number of benzene rings is 1. The van der Waals surface area contributed by atoms with Gasteiger partial charge in [0, 0.05) is 10.9 Å². The molecule has 3 atom stereocenters. The summed E-state index contributed by atoms with van der Waals surface area (Å²) >= 11 is 1.89. The molecule has 0 aromatic heterocycles. The van der Waals surface area contributed by atoms with Crippen LogP contribution in [0.15, 0.2) is 30.4 Å². The smallest absolute Gasteiger partial charge is 0.238 e. The highest BCUT2D eigenvalue weighted by Gasteiger charge is 2.32. The highest BCUT2D eigenvalue weighted by atomic mass is 32.2. The van der Waals surface area contributed by atoms with E-state index in [0.717, 1.165) is 23.2 Å². The maximum absolute atomic E-state index is 13.2. The first-order chi connectivity index (χ1) is 13.1. The lowest BCUT2D eigenvalue weighted by molar-refractivity contribution is -0.116. The first-order valence-corrected chi connectivity index (χ1v) is 11.7. The monoisotopic (exact) mass is 387 g/mol. The van der Waals surface area contributed by atoms with Gasteiger partial charge < -0.3 is 5.32 Å². The third-order valence-electron chi connectivity index (χ3n) is 5.50. The fourth-order valence-corrected chi connectivity index (χ4v) is 5.27. The van der Waals surface area contributed by atoms with Crippen LogP contribution in [-0.2, 0) is 4.79 Å². The summed E-state index contributed by atoms with van der Waals surface area (Å²) in [7, 11) is 0. The van der Waals surface area contributed by atoms with Crippen molar-refractivity contribution in [3.05, 3.63) is 41.5 Å². The number of unbranched alkanes of at least 4 members (excludes halogenated alkanes) is 4. The number of allylic oxidation sites excluding steroid dienone is 1. The quantitative estimate of drug-likeness (QED) is 0.344. The van der Waals surface area contributed by atoms with Crippen LogP contribution in [0.1, 0.15) is 76.3 Å². The number of hydrogen-bond acceptors (Lipinski definition) is 2. The zero-order valence-corrected chi connectivity index (χ0v) is 18.4. The van der Waals surface area contributed by atoms with E-state index in [0.29, 0.717) is 11.2 Å². The second kappa shape index (κ2) is 11.6. The molecule has 1 aliphatic rings. The third-order valence-corrected chi connectivity index (χ3v) is 7.10. The lowest BCUT2D eigenvalue weighted by Crippen LogP contribution is -2.35. The Hall–Kier alpha value is -1.22. The number of para-hydroxylation sites is 1. The fraction of sp³-hybridized carbons (Fsp3) is 0.625. The molecule has 0 bridgehead atoms. The number of carbonyl (C=O) groups is 1. The molecule has 0 unspecified atom stereocenters. The van der Waals surface area contributed by atoms with Crippen LogP contribution in [-0.4, -0.2) is 16.4 Å². The van der Waals surface area contributed by atoms with Crippen LogP contribution >= 0.6 is 11.8 Å². The first-order valence-electron chi connectivity index (χ1n) is 10.8. The Morgan fingerprint density at radius 3 is 2.22 bits per heavy atom. The van der Waals surface area contributed by atoms with Crippen LogP contribution in [0.25, 0.3) is 0 Å². The van der Waals surface area contributed by atoms with E-state index in [1.807, 2.05) is 11.8 Å². The number of aryl methyl sites for hydroxylation is 2. The van der Waals surface area contributed by atoms with Crippen LogP contribution in [0.2, 0.25) is 0 Å². The molecule has 1 aliphatic heterocycles. The summed E-state index contributed by atoms with van der Waals surface area (Å²) in [4.78, 5) is 13.2. The topological polar surface area (TPSA) is 29.1 Å². The summed E-state index contributed by atoms with van der Waals surface area (Å²) in [5, 5.41) is 3.77. The van der Waals surface area contributed by atoms with Crippen LogP contribution in [0.4, 0.5) is 5.69 Å². The molecule has 1 N–H and O–H groups in total. The minimum atomic E-state index is 0.0255. The van der Waals surface area contributed by atoms with Gasteiger partial charge in [0.25, 0.3) is 0 Å². The molecule has 1 aromatic carbocycles. The van der Waals surface area contributed by atoms with E-state index < -0.39 is 0 Å². The summed E-state index contributed by atoms with van der Waals surface area (Å²) < 4.78 is 0. The van der Waals surface area contributed by atoms with Crippen molar-refractivity contribution in [1.29, 1.82) is 0 Å². The maximum atomic E-state index is 13.2. The van der Waals surface area contributed by atoms with Gasteiger partial charge in [0.15, 0.2) is 0 Å². The van der Waals surface area contributed by atoms with Gasteiger partial charge >= 0.3 is 0 Å². The first kappa shape index (κ1) is 22.1.